The van der Waals surface area contributed by atoms with Gasteiger partial charge in [0.25, 0.3) is 0 Å². The first kappa shape index (κ1) is 22.6. The average molecular weight is 506 g/mol. The third-order valence-electron chi connectivity index (χ3n) is 5.17. The Morgan fingerprint density at radius 1 is 1.33 bits per heavy atom. The molecular weight excluding hydrogens is 475 g/mol. The van der Waals surface area contributed by atoms with Gasteiger partial charge in [0.2, 0.25) is 0 Å². The number of nitrogens with zero attached hydrogens (tertiary/aromatic N) is 2. The molecule has 2 fully saturated rings. The van der Waals surface area contributed by atoms with E-state index in [9.17, 15) is 0 Å². The van der Waals surface area contributed by atoms with Crippen LogP contribution in [0.25, 0.3) is 0 Å². The number of hydrogen-bond donors (Lipinski definition) is 2. The molecule has 1 aromatic carbocycles. The maximum atomic E-state index is 5.54. The van der Waals surface area contributed by atoms with Crippen LogP contribution >= 0.6 is 35.7 Å². The Hall–Kier alpha value is -0.710. The topological polar surface area (TPSA) is 58.1 Å². The number of methoxy groups -OCH3 is 1. The lowest BCUT2D eigenvalue weighted by molar-refractivity contribution is -0.0120. The second kappa shape index (κ2) is 11.3. The van der Waals surface area contributed by atoms with Crippen molar-refractivity contribution in [3.8, 4) is 5.75 Å². The molecule has 152 valence electrons. The van der Waals surface area contributed by atoms with E-state index in [0.29, 0.717) is 0 Å². The fourth-order valence-electron chi connectivity index (χ4n) is 3.57. The molecule has 0 bridgehead atoms. The highest BCUT2D eigenvalue weighted by Gasteiger charge is 2.40. The van der Waals surface area contributed by atoms with Gasteiger partial charge in [-0.2, -0.15) is 11.8 Å². The fraction of sp³-hybridized carbons (Fsp3) is 0.632. The number of nitrogens with one attached hydrogen (secondary N) is 2. The summed E-state index contributed by atoms with van der Waals surface area (Å²) in [5.41, 5.74) is 1.38. The molecule has 0 aliphatic carbocycles. The van der Waals surface area contributed by atoms with E-state index in [-0.39, 0.29) is 29.5 Å². The van der Waals surface area contributed by atoms with Crippen LogP contribution in [0.5, 0.6) is 5.75 Å². The Balaban J connectivity index is 0.00000261. The molecule has 0 saturated carbocycles. The zero-order valence-corrected chi connectivity index (χ0v) is 19.3. The van der Waals surface area contributed by atoms with Crippen LogP contribution in [0.15, 0.2) is 29.3 Å². The monoisotopic (exact) mass is 506 g/mol. The number of benzene rings is 1. The van der Waals surface area contributed by atoms with Gasteiger partial charge in [-0.15, -0.1) is 24.0 Å². The maximum Gasteiger partial charge on any atom is 0.191 e. The van der Waals surface area contributed by atoms with Crippen molar-refractivity contribution < 1.29 is 9.47 Å². The highest BCUT2D eigenvalue weighted by molar-refractivity contribution is 14.0. The summed E-state index contributed by atoms with van der Waals surface area (Å²) in [6.07, 6.45) is 1.22. The van der Waals surface area contributed by atoms with Crippen molar-refractivity contribution in [3.05, 3.63) is 29.8 Å². The molecule has 3 rings (SSSR count). The molecule has 0 aromatic heterocycles. The molecule has 0 spiro atoms. The zero-order valence-electron chi connectivity index (χ0n) is 16.2. The molecule has 2 aliphatic heterocycles. The van der Waals surface area contributed by atoms with E-state index in [4.69, 9.17) is 9.47 Å². The van der Waals surface area contributed by atoms with Crippen LogP contribution in [0.3, 0.4) is 0 Å². The van der Waals surface area contributed by atoms with E-state index in [2.05, 4.69) is 38.4 Å². The summed E-state index contributed by atoms with van der Waals surface area (Å²) in [6.45, 7) is 5.37. The van der Waals surface area contributed by atoms with E-state index < -0.39 is 0 Å². The molecule has 0 radical (unpaired) electrons. The van der Waals surface area contributed by atoms with Crippen molar-refractivity contribution in [2.45, 2.75) is 18.5 Å². The van der Waals surface area contributed by atoms with Crippen LogP contribution in [-0.4, -0.2) is 74.9 Å². The van der Waals surface area contributed by atoms with E-state index in [1.807, 2.05) is 25.2 Å². The van der Waals surface area contributed by atoms with Gasteiger partial charge < -0.3 is 20.1 Å². The summed E-state index contributed by atoms with van der Waals surface area (Å²) < 4.78 is 10.8. The Bertz CT molecular complexity index is 605. The molecule has 6 nitrogen and oxygen atoms in total. The minimum Gasteiger partial charge on any atom is -0.497 e. The average Bonchev–Trinajstić information content (AvgIpc) is 3.19. The summed E-state index contributed by atoms with van der Waals surface area (Å²) in [5.74, 6) is 4.13. The van der Waals surface area contributed by atoms with Crippen molar-refractivity contribution >= 4 is 41.7 Å². The summed E-state index contributed by atoms with van der Waals surface area (Å²) in [7, 11) is 3.52. The van der Waals surface area contributed by atoms with Crippen molar-refractivity contribution in [3.63, 3.8) is 0 Å². The highest BCUT2D eigenvalue weighted by atomic mass is 127. The first-order chi connectivity index (χ1) is 12.8. The Kier molecular flexibility index (Phi) is 9.47. The summed E-state index contributed by atoms with van der Waals surface area (Å²) >= 11 is 2.05. The number of rotatable bonds is 6. The number of halogens is 1. The molecule has 2 heterocycles. The predicted octanol–water partition coefficient (Wildman–Crippen LogP) is 2.19. The van der Waals surface area contributed by atoms with Gasteiger partial charge in [-0.05, 0) is 29.9 Å². The summed E-state index contributed by atoms with van der Waals surface area (Å²) in [4.78, 5) is 7.01. The normalized spacial score (nSPS) is 23.6. The number of morpholine rings is 1. The van der Waals surface area contributed by atoms with E-state index in [1.54, 1.807) is 7.11 Å². The minimum absolute atomic E-state index is 0. The van der Waals surface area contributed by atoms with Crippen molar-refractivity contribution in [1.29, 1.82) is 0 Å². The first-order valence-corrected chi connectivity index (χ1v) is 10.4. The van der Waals surface area contributed by atoms with Crippen LogP contribution in [-0.2, 0) is 11.3 Å². The molecule has 1 aromatic rings. The Labute approximate surface area is 183 Å². The lowest BCUT2D eigenvalue weighted by Gasteiger charge is -2.43. The molecule has 1 atom stereocenters. The van der Waals surface area contributed by atoms with Crippen molar-refractivity contribution in [2.24, 2.45) is 4.99 Å². The Morgan fingerprint density at radius 3 is 2.81 bits per heavy atom. The van der Waals surface area contributed by atoms with E-state index >= 15 is 0 Å². The molecule has 8 heteroatoms. The van der Waals surface area contributed by atoms with Gasteiger partial charge in [-0.1, -0.05) is 12.1 Å². The number of aliphatic imine (C=N–C) groups is 1. The van der Waals surface area contributed by atoms with Crippen LogP contribution < -0.4 is 15.4 Å². The minimum atomic E-state index is 0. The van der Waals surface area contributed by atoms with Gasteiger partial charge in [0.1, 0.15) is 5.75 Å². The van der Waals surface area contributed by atoms with E-state index in [1.165, 1.54) is 23.5 Å². The number of hydrogen-bond acceptors (Lipinski definition) is 5. The van der Waals surface area contributed by atoms with Crippen molar-refractivity contribution in [2.75, 3.05) is 58.5 Å². The van der Waals surface area contributed by atoms with Crippen LogP contribution in [0.4, 0.5) is 0 Å². The molecule has 2 aliphatic rings. The van der Waals surface area contributed by atoms with Crippen LogP contribution in [0.2, 0.25) is 0 Å². The van der Waals surface area contributed by atoms with Gasteiger partial charge >= 0.3 is 0 Å². The Morgan fingerprint density at radius 2 is 2.15 bits per heavy atom. The second-order valence-electron chi connectivity index (χ2n) is 6.76. The van der Waals surface area contributed by atoms with Crippen LogP contribution in [0.1, 0.15) is 12.0 Å². The molecule has 1 unspecified atom stereocenters. The molecule has 2 N–H and O–H groups in total. The summed E-state index contributed by atoms with van der Waals surface area (Å²) in [5, 5.41) is 6.97. The van der Waals surface area contributed by atoms with Gasteiger partial charge in [-0.25, -0.2) is 0 Å². The largest absolute Gasteiger partial charge is 0.497 e. The molecular formula is C19H31IN4O2S. The fourth-order valence-corrected chi connectivity index (χ4v) is 5.05. The smallest absolute Gasteiger partial charge is 0.191 e. The molecule has 27 heavy (non-hydrogen) atoms. The van der Waals surface area contributed by atoms with E-state index in [0.717, 1.165) is 51.1 Å². The molecule has 0 amide bonds. The van der Waals surface area contributed by atoms with Crippen LogP contribution in [0, 0.1) is 0 Å². The van der Waals surface area contributed by atoms with Gasteiger partial charge in [0, 0.05) is 44.5 Å². The SMILES string of the molecule is CN=C(NCc1cccc(OC)c1)NCC1(N2CCOCC2)CCSC1.I. The number of ether oxygens (including phenoxy) is 2. The third-order valence-corrected chi connectivity index (χ3v) is 6.40. The lowest BCUT2D eigenvalue weighted by Crippen LogP contribution is -2.60. The lowest BCUT2D eigenvalue weighted by atomic mass is 9.95. The maximum absolute atomic E-state index is 5.54. The number of thioether (sulfide) groups is 1. The predicted molar refractivity (Wildman–Crippen MR) is 124 cm³/mol. The number of guanidine groups is 1. The zero-order chi connectivity index (χ0) is 18.2. The van der Waals surface area contributed by atoms with Gasteiger partial charge in [0.05, 0.1) is 20.3 Å². The second-order valence-corrected chi connectivity index (χ2v) is 7.86. The quantitative estimate of drug-likeness (QED) is 0.351. The standard InChI is InChI=1S/C19H30N4O2S.HI/c1-20-18(21-13-16-4-3-5-17(12-16)24-2)22-14-19(6-11-26-15-19)23-7-9-25-10-8-23;/h3-5,12H,6-11,13-15H2,1-2H3,(H2,20,21,22);1H. The molecule has 2 saturated heterocycles. The highest BCUT2D eigenvalue weighted by Crippen LogP contribution is 2.33. The van der Waals surface area contributed by atoms with Crippen molar-refractivity contribution in [1.82, 2.24) is 15.5 Å². The van der Waals surface area contributed by atoms with Gasteiger partial charge in [0.15, 0.2) is 5.96 Å². The van der Waals surface area contributed by atoms with Gasteiger partial charge in [-0.3, -0.25) is 9.89 Å². The third kappa shape index (κ3) is 6.13. The first-order valence-electron chi connectivity index (χ1n) is 9.24. The summed E-state index contributed by atoms with van der Waals surface area (Å²) in [6, 6.07) is 8.10.